The number of thiophene rings is 1. The summed E-state index contributed by atoms with van der Waals surface area (Å²) in [7, 11) is 0. The first-order valence-corrected chi connectivity index (χ1v) is 29.9. The highest BCUT2D eigenvalue weighted by Gasteiger charge is 2.50. The third kappa shape index (κ3) is 8.01. The van der Waals surface area contributed by atoms with Crippen LogP contribution in [0.1, 0.15) is 161 Å². The van der Waals surface area contributed by atoms with E-state index in [2.05, 4.69) is 283 Å². The van der Waals surface area contributed by atoms with Crippen LogP contribution >= 0.6 is 11.3 Å². The van der Waals surface area contributed by atoms with Crippen molar-refractivity contribution in [2.45, 2.75) is 156 Å². The molecule has 0 saturated heterocycles. The number of fused-ring (bicyclic) bond motifs is 10. The van der Waals surface area contributed by atoms with E-state index in [4.69, 9.17) is 0 Å². The minimum atomic E-state index is -0.193. The monoisotopic (exact) mass is 1050 g/mol. The highest BCUT2D eigenvalue weighted by molar-refractivity contribution is 7.26. The van der Waals surface area contributed by atoms with Crippen molar-refractivity contribution >= 4 is 84.0 Å². The predicted octanol–water partition coefficient (Wildman–Crippen LogP) is 19.9. The number of aryl methyl sites for hydroxylation is 1. The van der Waals surface area contributed by atoms with Crippen LogP contribution in [0.2, 0.25) is 0 Å². The predicted molar refractivity (Wildman–Crippen MR) is 344 cm³/mol. The second kappa shape index (κ2) is 17.3. The summed E-state index contributed by atoms with van der Waals surface area (Å²) >= 11 is 1.96. The van der Waals surface area contributed by atoms with E-state index in [1.54, 1.807) is 0 Å². The Morgan fingerprint density at radius 2 is 0.987 bits per heavy atom. The third-order valence-electron chi connectivity index (χ3n) is 18.9. The largest absolute Gasteiger partial charge is 0.376 e. The van der Waals surface area contributed by atoms with Crippen molar-refractivity contribution < 1.29 is 0 Å². The molecule has 3 nitrogen and oxygen atoms in total. The molecule has 8 aromatic carbocycles. The van der Waals surface area contributed by atoms with Crippen molar-refractivity contribution in [2.75, 3.05) is 14.6 Å². The smallest absolute Gasteiger partial charge is 0.334 e. The van der Waals surface area contributed by atoms with Gasteiger partial charge in [-0.2, -0.15) is 0 Å². The summed E-state index contributed by atoms with van der Waals surface area (Å²) in [6, 6.07) is 62.3. The van der Waals surface area contributed by atoms with Gasteiger partial charge in [0.05, 0.1) is 10.7 Å². The SMILES string of the molecule is Cc1cc2c(cc1N1c3cc(N(c4ccc(C(C)(C)C)cc4)c4ccc(C(C)(C)C)cc4)cc4c3B(c3c1sc1ccccc31)N(c1ccc(C(C)(C)C)cc1)c1cc3c(cc1-4)-c1ccccc1C3(C)C)C(C)(C)CCC2(C)C. The summed E-state index contributed by atoms with van der Waals surface area (Å²) in [4.78, 5) is 8.02. The van der Waals surface area contributed by atoms with Gasteiger partial charge in [0.1, 0.15) is 0 Å². The first-order valence-electron chi connectivity index (χ1n) is 29.1. The van der Waals surface area contributed by atoms with Gasteiger partial charge in [0.15, 0.2) is 0 Å². The van der Waals surface area contributed by atoms with E-state index >= 15 is 0 Å². The van der Waals surface area contributed by atoms with Crippen LogP contribution in [0.4, 0.5) is 44.8 Å². The van der Waals surface area contributed by atoms with Crippen molar-refractivity contribution in [2.24, 2.45) is 0 Å². The standard InChI is InChI=1S/C74H78BN3S/c1-45-39-60-61(73(13,14)38-37-72(60,11)12)44-62(45)77-64-41-52(76(49-31-25-46(26-32-49)69(2,3)4)50-33-27-47(28-34-50)70(5,6)7)40-57-56-42-55-53-21-17-19-23-58(53)74(15,16)59(55)43-63(56)78(51-35-29-48(30-36-51)71(8,9)10)75(66(57)64)67-54-22-18-20-24-65(54)79-68(67)77/h17-36,39-44H,37-38H2,1-16H3. The summed E-state index contributed by atoms with van der Waals surface area (Å²) in [6.07, 6.45) is 2.32. The maximum Gasteiger partial charge on any atom is 0.334 e. The third-order valence-corrected chi connectivity index (χ3v) is 20.1. The van der Waals surface area contributed by atoms with Gasteiger partial charge in [-0.1, -0.05) is 189 Å². The summed E-state index contributed by atoms with van der Waals surface area (Å²) in [5.41, 5.74) is 27.3. The Hall–Kier alpha value is -6.82. The molecule has 9 aromatic rings. The molecular formula is C74H78BN3S. The molecule has 5 heteroatoms. The molecule has 0 spiro atoms. The van der Waals surface area contributed by atoms with Gasteiger partial charge in [-0.3, -0.25) is 0 Å². The first-order chi connectivity index (χ1) is 37.2. The molecule has 398 valence electrons. The van der Waals surface area contributed by atoms with Gasteiger partial charge in [-0.15, -0.1) is 11.3 Å². The average Bonchev–Trinajstić information content (AvgIpc) is 3.07. The minimum absolute atomic E-state index is 0.00964. The molecule has 0 amide bonds. The molecule has 0 saturated carbocycles. The molecule has 0 fully saturated rings. The number of hydrogen-bond donors (Lipinski definition) is 0. The number of rotatable bonds is 5. The van der Waals surface area contributed by atoms with E-state index in [1.165, 1.54) is 122 Å². The number of hydrogen-bond acceptors (Lipinski definition) is 4. The van der Waals surface area contributed by atoms with Gasteiger partial charge < -0.3 is 14.6 Å². The van der Waals surface area contributed by atoms with Crippen molar-refractivity contribution in [3.05, 3.63) is 202 Å². The van der Waals surface area contributed by atoms with Gasteiger partial charge >= 0.3 is 6.85 Å². The van der Waals surface area contributed by atoms with Gasteiger partial charge in [-0.25, -0.2) is 0 Å². The Morgan fingerprint density at radius 3 is 1.58 bits per heavy atom. The van der Waals surface area contributed by atoms with Gasteiger partial charge in [0, 0.05) is 49.8 Å². The quantitative estimate of drug-likeness (QED) is 0.159. The number of nitrogens with zero attached hydrogens (tertiary/aromatic N) is 3. The summed E-state index contributed by atoms with van der Waals surface area (Å²) in [5.74, 6) is 0. The molecule has 13 rings (SSSR count). The van der Waals surface area contributed by atoms with E-state index in [0.717, 1.165) is 23.5 Å². The van der Waals surface area contributed by atoms with Crippen LogP contribution in [0.25, 0.3) is 32.3 Å². The fourth-order valence-corrected chi connectivity index (χ4v) is 15.3. The molecule has 4 aliphatic rings. The summed E-state index contributed by atoms with van der Waals surface area (Å²) < 4.78 is 1.31. The highest BCUT2D eigenvalue weighted by atomic mass is 32.1. The fraction of sp³-hybridized carbons (Fsp3) is 0.324. The lowest BCUT2D eigenvalue weighted by Gasteiger charge is -2.47. The molecule has 2 aliphatic carbocycles. The van der Waals surface area contributed by atoms with Crippen molar-refractivity contribution in [3.63, 3.8) is 0 Å². The van der Waals surface area contributed by atoms with E-state index in [9.17, 15) is 0 Å². The van der Waals surface area contributed by atoms with E-state index < -0.39 is 0 Å². The molecule has 0 atom stereocenters. The molecule has 0 bridgehead atoms. The van der Waals surface area contributed by atoms with Crippen LogP contribution in [0.3, 0.4) is 0 Å². The summed E-state index contributed by atoms with van der Waals surface area (Å²) in [6.45, 7) is 37.8. The second-order valence-electron chi connectivity index (χ2n) is 28.6. The lowest BCUT2D eigenvalue weighted by Crippen LogP contribution is -2.61. The topological polar surface area (TPSA) is 9.72 Å². The Labute approximate surface area is 476 Å². The fourth-order valence-electron chi connectivity index (χ4n) is 14.0. The Kier molecular flexibility index (Phi) is 11.3. The normalized spacial score (nSPS) is 16.5. The van der Waals surface area contributed by atoms with Gasteiger partial charge in [-0.05, 0) is 197 Å². The van der Waals surface area contributed by atoms with Gasteiger partial charge in [0.2, 0.25) is 0 Å². The maximum absolute atomic E-state index is 2.75. The molecular weight excluding hydrogens is 974 g/mol. The van der Waals surface area contributed by atoms with Crippen LogP contribution in [-0.4, -0.2) is 6.85 Å². The molecule has 1 aromatic heterocycles. The van der Waals surface area contributed by atoms with Crippen molar-refractivity contribution in [1.29, 1.82) is 0 Å². The molecule has 0 radical (unpaired) electrons. The first kappa shape index (κ1) is 51.6. The van der Waals surface area contributed by atoms with Crippen LogP contribution in [0.5, 0.6) is 0 Å². The zero-order chi connectivity index (χ0) is 55.7. The Bertz CT molecular complexity index is 3890. The molecule has 0 unspecified atom stereocenters. The van der Waals surface area contributed by atoms with Crippen LogP contribution in [0.15, 0.2) is 158 Å². The number of benzene rings is 8. The van der Waals surface area contributed by atoms with Crippen LogP contribution < -0.4 is 25.5 Å². The molecule has 3 heterocycles. The summed E-state index contributed by atoms with van der Waals surface area (Å²) in [5, 5.41) is 2.62. The number of anilines is 8. The Balaban J connectivity index is 1.19. The maximum atomic E-state index is 2.75. The second-order valence-corrected chi connectivity index (χ2v) is 29.6. The van der Waals surface area contributed by atoms with Crippen LogP contribution in [0, 0.1) is 6.92 Å². The van der Waals surface area contributed by atoms with Crippen LogP contribution in [-0.2, 0) is 32.5 Å². The van der Waals surface area contributed by atoms with E-state index in [0.29, 0.717) is 0 Å². The van der Waals surface area contributed by atoms with Gasteiger partial charge in [0.25, 0.3) is 0 Å². The van der Waals surface area contributed by atoms with E-state index in [-0.39, 0.29) is 39.3 Å². The molecule has 0 N–H and O–H groups in total. The van der Waals surface area contributed by atoms with Crippen molar-refractivity contribution in [1.82, 2.24) is 0 Å². The molecule has 79 heavy (non-hydrogen) atoms. The van der Waals surface area contributed by atoms with E-state index in [1.807, 2.05) is 11.3 Å². The van der Waals surface area contributed by atoms with Crippen molar-refractivity contribution in [3.8, 4) is 22.3 Å². The Morgan fingerprint density at radius 1 is 0.456 bits per heavy atom. The highest BCUT2D eigenvalue weighted by Crippen LogP contribution is 2.58. The lowest BCUT2D eigenvalue weighted by molar-refractivity contribution is 0.332. The minimum Gasteiger partial charge on any atom is -0.376 e. The average molecular weight is 1050 g/mol. The zero-order valence-electron chi connectivity index (χ0n) is 49.8. The zero-order valence-corrected chi connectivity index (χ0v) is 50.6. The lowest BCUT2D eigenvalue weighted by atomic mass is 9.43. The molecule has 2 aliphatic heterocycles.